The molecule has 5 heteroatoms. The number of carbonyl (C=O) groups excluding carboxylic acids is 2. The number of hydrogen-bond acceptors (Lipinski definition) is 4. The van der Waals surface area contributed by atoms with Crippen LogP contribution in [0.3, 0.4) is 0 Å². The Balaban J connectivity index is 1.71. The smallest absolute Gasteiger partial charge is 0.319 e. The molecule has 114 valence electrons. The van der Waals surface area contributed by atoms with E-state index in [0.717, 1.165) is 31.8 Å². The zero-order chi connectivity index (χ0) is 14.7. The molecule has 0 aromatic heterocycles. The van der Waals surface area contributed by atoms with Crippen LogP contribution in [0.4, 0.5) is 0 Å². The van der Waals surface area contributed by atoms with Crippen LogP contribution in [0.15, 0.2) is 0 Å². The summed E-state index contributed by atoms with van der Waals surface area (Å²) in [6.07, 6.45) is 2.25. The monoisotopic (exact) mass is 282 g/mol. The number of hydrogen-bond donors (Lipinski definition) is 0. The van der Waals surface area contributed by atoms with Crippen LogP contribution in [-0.4, -0.2) is 61.5 Å². The summed E-state index contributed by atoms with van der Waals surface area (Å²) >= 11 is 0. The predicted molar refractivity (Wildman–Crippen MR) is 76.1 cm³/mol. The summed E-state index contributed by atoms with van der Waals surface area (Å²) in [4.78, 5) is 27.5. The molecule has 0 bridgehead atoms. The highest BCUT2D eigenvalue weighted by molar-refractivity contribution is 5.81. The van der Waals surface area contributed by atoms with Gasteiger partial charge in [-0.15, -0.1) is 0 Å². The molecule has 2 rings (SSSR count). The quantitative estimate of drug-likeness (QED) is 0.721. The molecule has 0 aromatic carbocycles. The van der Waals surface area contributed by atoms with E-state index < -0.39 is 0 Å². The van der Waals surface area contributed by atoms with E-state index in [1.807, 2.05) is 9.80 Å². The van der Waals surface area contributed by atoms with Gasteiger partial charge >= 0.3 is 5.97 Å². The molecule has 2 aliphatic heterocycles. The van der Waals surface area contributed by atoms with Crippen molar-refractivity contribution in [2.75, 3.05) is 39.8 Å². The van der Waals surface area contributed by atoms with Gasteiger partial charge in [0.05, 0.1) is 19.6 Å². The lowest BCUT2D eigenvalue weighted by Gasteiger charge is -2.42. The summed E-state index contributed by atoms with van der Waals surface area (Å²) in [6, 6.07) is 0. The van der Waals surface area contributed by atoms with Crippen LogP contribution >= 0.6 is 0 Å². The zero-order valence-corrected chi connectivity index (χ0v) is 12.8. The van der Waals surface area contributed by atoms with Crippen LogP contribution in [0.2, 0.25) is 0 Å². The summed E-state index contributed by atoms with van der Waals surface area (Å²) in [5.74, 6) is 1.60. The SMILES string of the molecule is COC(=O)CN1CC(C(=O)N2CCC(C(C)C)CC2)C1. The second-order valence-electron chi connectivity index (χ2n) is 6.37. The molecule has 0 atom stereocenters. The minimum absolute atomic E-state index is 0.0789. The maximum Gasteiger partial charge on any atom is 0.319 e. The standard InChI is InChI=1S/C15H26N2O3/c1-11(2)12-4-6-17(7-5-12)15(19)13-8-16(9-13)10-14(18)20-3/h11-13H,4-10H2,1-3H3. The highest BCUT2D eigenvalue weighted by atomic mass is 16.5. The molecule has 2 aliphatic rings. The average molecular weight is 282 g/mol. The summed E-state index contributed by atoms with van der Waals surface area (Å²) in [6.45, 7) is 8.01. The van der Waals surface area contributed by atoms with Gasteiger partial charge in [-0.3, -0.25) is 14.5 Å². The normalized spacial score (nSPS) is 21.9. The van der Waals surface area contributed by atoms with Crippen LogP contribution in [-0.2, 0) is 14.3 Å². The molecule has 0 unspecified atom stereocenters. The third-order valence-electron chi connectivity index (χ3n) is 4.68. The second-order valence-corrected chi connectivity index (χ2v) is 6.37. The van der Waals surface area contributed by atoms with Gasteiger partial charge in [-0.2, -0.15) is 0 Å². The first-order valence-electron chi connectivity index (χ1n) is 7.59. The second kappa shape index (κ2) is 6.57. The Morgan fingerprint density at radius 2 is 1.80 bits per heavy atom. The summed E-state index contributed by atoms with van der Waals surface area (Å²) < 4.78 is 4.63. The number of likely N-dealkylation sites (tertiary alicyclic amines) is 2. The fourth-order valence-corrected chi connectivity index (χ4v) is 3.15. The summed E-state index contributed by atoms with van der Waals surface area (Å²) in [7, 11) is 1.39. The van der Waals surface area contributed by atoms with Crippen molar-refractivity contribution in [1.29, 1.82) is 0 Å². The van der Waals surface area contributed by atoms with Crippen molar-refractivity contribution >= 4 is 11.9 Å². The molecule has 20 heavy (non-hydrogen) atoms. The van der Waals surface area contributed by atoms with Gasteiger partial charge < -0.3 is 9.64 Å². The van der Waals surface area contributed by atoms with Crippen molar-refractivity contribution in [2.45, 2.75) is 26.7 Å². The van der Waals surface area contributed by atoms with E-state index in [2.05, 4.69) is 18.6 Å². The van der Waals surface area contributed by atoms with Gasteiger partial charge in [0.25, 0.3) is 0 Å². The Hall–Kier alpha value is -1.10. The Bertz CT molecular complexity index is 356. The minimum Gasteiger partial charge on any atom is -0.468 e. The van der Waals surface area contributed by atoms with Crippen LogP contribution in [0.1, 0.15) is 26.7 Å². The minimum atomic E-state index is -0.228. The average Bonchev–Trinajstić information content (AvgIpc) is 2.41. The van der Waals surface area contributed by atoms with E-state index in [1.54, 1.807) is 0 Å². The van der Waals surface area contributed by atoms with E-state index >= 15 is 0 Å². The van der Waals surface area contributed by atoms with Crippen molar-refractivity contribution < 1.29 is 14.3 Å². The van der Waals surface area contributed by atoms with Gasteiger partial charge in [0.1, 0.15) is 0 Å². The van der Waals surface area contributed by atoms with E-state index in [1.165, 1.54) is 7.11 Å². The lowest BCUT2D eigenvalue weighted by molar-refractivity contribution is -0.149. The largest absolute Gasteiger partial charge is 0.468 e. The molecule has 0 saturated carbocycles. The molecule has 0 spiro atoms. The van der Waals surface area contributed by atoms with E-state index in [0.29, 0.717) is 25.6 Å². The van der Waals surface area contributed by atoms with Crippen LogP contribution < -0.4 is 0 Å². The van der Waals surface area contributed by atoms with E-state index in [4.69, 9.17) is 0 Å². The molecule has 1 amide bonds. The first-order chi connectivity index (χ1) is 9.51. The molecule has 2 saturated heterocycles. The number of ether oxygens (including phenoxy) is 1. The van der Waals surface area contributed by atoms with Crippen molar-refractivity contribution in [3.8, 4) is 0 Å². The molecule has 0 radical (unpaired) electrons. The van der Waals surface area contributed by atoms with Crippen LogP contribution in [0.5, 0.6) is 0 Å². The van der Waals surface area contributed by atoms with Gasteiger partial charge in [-0.1, -0.05) is 13.8 Å². The number of nitrogens with zero attached hydrogens (tertiary/aromatic N) is 2. The zero-order valence-electron chi connectivity index (χ0n) is 12.8. The van der Waals surface area contributed by atoms with Gasteiger partial charge in [0.2, 0.25) is 5.91 Å². The first kappa shape index (κ1) is 15.3. The van der Waals surface area contributed by atoms with Crippen LogP contribution in [0.25, 0.3) is 0 Å². The molecule has 5 nitrogen and oxygen atoms in total. The Labute approximate surface area is 121 Å². The number of methoxy groups -OCH3 is 1. The molecule has 2 fully saturated rings. The van der Waals surface area contributed by atoms with Crippen molar-refractivity contribution in [2.24, 2.45) is 17.8 Å². The first-order valence-corrected chi connectivity index (χ1v) is 7.59. The van der Waals surface area contributed by atoms with Crippen molar-refractivity contribution in [3.63, 3.8) is 0 Å². The number of rotatable bonds is 4. The summed E-state index contributed by atoms with van der Waals surface area (Å²) in [5, 5.41) is 0. The summed E-state index contributed by atoms with van der Waals surface area (Å²) in [5.41, 5.74) is 0. The number of amides is 1. The van der Waals surface area contributed by atoms with Gasteiger partial charge in [-0.05, 0) is 24.7 Å². The van der Waals surface area contributed by atoms with Crippen molar-refractivity contribution in [3.05, 3.63) is 0 Å². The number of piperidine rings is 1. The fourth-order valence-electron chi connectivity index (χ4n) is 3.15. The highest BCUT2D eigenvalue weighted by Gasteiger charge is 2.37. The van der Waals surface area contributed by atoms with Gasteiger partial charge in [0, 0.05) is 26.2 Å². The topological polar surface area (TPSA) is 49.9 Å². The molecule has 0 N–H and O–H groups in total. The predicted octanol–water partition coefficient (Wildman–Crippen LogP) is 0.986. The molecule has 0 aliphatic carbocycles. The number of esters is 1. The Morgan fingerprint density at radius 3 is 2.30 bits per heavy atom. The third kappa shape index (κ3) is 3.51. The van der Waals surface area contributed by atoms with E-state index in [-0.39, 0.29) is 17.8 Å². The van der Waals surface area contributed by atoms with Crippen molar-refractivity contribution in [1.82, 2.24) is 9.80 Å². The van der Waals surface area contributed by atoms with Crippen LogP contribution in [0, 0.1) is 17.8 Å². The maximum atomic E-state index is 12.3. The lowest BCUT2D eigenvalue weighted by atomic mass is 9.86. The lowest BCUT2D eigenvalue weighted by Crippen LogP contribution is -2.56. The molecular weight excluding hydrogens is 256 g/mol. The fraction of sp³-hybridized carbons (Fsp3) is 0.867. The highest BCUT2D eigenvalue weighted by Crippen LogP contribution is 2.26. The Morgan fingerprint density at radius 1 is 1.20 bits per heavy atom. The number of carbonyl (C=O) groups is 2. The van der Waals surface area contributed by atoms with E-state index in [9.17, 15) is 9.59 Å². The molecule has 2 heterocycles. The maximum absolute atomic E-state index is 12.3. The third-order valence-corrected chi connectivity index (χ3v) is 4.68. The van der Waals surface area contributed by atoms with Gasteiger partial charge in [-0.25, -0.2) is 0 Å². The molecule has 0 aromatic rings. The van der Waals surface area contributed by atoms with Gasteiger partial charge in [0.15, 0.2) is 0 Å². The Kier molecular flexibility index (Phi) is 5.02. The molecular formula is C15H26N2O3.